The summed E-state index contributed by atoms with van der Waals surface area (Å²) in [5.41, 5.74) is 6.61. The van der Waals surface area contributed by atoms with Gasteiger partial charge in [0.15, 0.2) is 0 Å². The van der Waals surface area contributed by atoms with E-state index in [2.05, 4.69) is 18.7 Å². The summed E-state index contributed by atoms with van der Waals surface area (Å²) in [6.45, 7) is 7.56. The molecule has 0 aliphatic rings. The zero-order valence-electron chi connectivity index (χ0n) is 11.4. The topological polar surface area (TPSA) is 38.5 Å². The predicted octanol–water partition coefficient (Wildman–Crippen LogP) is 2.51. The average Bonchev–Trinajstić information content (AvgIpc) is 2.30. The summed E-state index contributed by atoms with van der Waals surface area (Å²) in [5.74, 6) is 0.226. The quantitative estimate of drug-likeness (QED) is 0.760. The summed E-state index contributed by atoms with van der Waals surface area (Å²) in [7, 11) is 1.69. The van der Waals surface area contributed by atoms with Crippen LogP contribution in [0, 0.1) is 11.7 Å². The van der Waals surface area contributed by atoms with Crippen LogP contribution < -0.4 is 5.73 Å². The van der Waals surface area contributed by atoms with E-state index < -0.39 is 0 Å². The molecule has 0 spiro atoms. The molecule has 1 rings (SSSR count). The fourth-order valence-electron chi connectivity index (χ4n) is 1.90. The van der Waals surface area contributed by atoms with Gasteiger partial charge in [-0.1, -0.05) is 19.9 Å². The molecule has 2 N–H and O–H groups in total. The second-order valence-corrected chi connectivity index (χ2v) is 4.98. The highest BCUT2D eigenvalue weighted by atomic mass is 19.1. The number of benzene rings is 1. The molecule has 0 aromatic heterocycles. The Hall–Kier alpha value is -1.13. The van der Waals surface area contributed by atoms with Crippen molar-refractivity contribution in [3.8, 4) is 0 Å². The minimum Gasteiger partial charge on any atom is -0.396 e. The number of hydrogen-bond acceptors (Lipinski definition) is 3. The highest BCUT2D eigenvalue weighted by Crippen LogP contribution is 2.14. The molecule has 1 aromatic carbocycles. The number of methoxy groups -OCH3 is 1. The van der Waals surface area contributed by atoms with Gasteiger partial charge >= 0.3 is 0 Å². The number of hydrogen-bond donors (Lipinski definition) is 1. The van der Waals surface area contributed by atoms with Crippen molar-refractivity contribution >= 4 is 5.69 Å². The number of halogens is 1. The van der Waals surface area contributed by atoms with Gasteiger partial charge in [0.05, 0.1) is 12.3 Å². The first-order valence-corrected chi connectivity index (χ1v) is 6.28. The summed E-state index contributed by atoms with van der Waals surface area (Å²) in [6, 6.07) is 5.00. The maximum absolute atomic E-state index is 13.4. The van der Waals surface area contributed by atoms with Crippen LogP contribution in [0.2, 0.25) is 0 Å². The molecule has 0 saturated heterocycles. The van der Waals surface area contributed by atoms with Crippen molar-refractivity contribution in [2.75, 3.05) is 32.5 Å². The highest BCUT2D eigenvalue weighted by Gasteiger charge is 2.09. The molecular weight excluding hydrogens is 231 g/mol. The minimum absolute atomic E-state index is 0.200. The smallest absolute Gasteiger partial charge is 0.146 e. The van der Waals surface area contributed by atoms with Crippen LogP contribution in [0.25, 0.3) is 0 Å². The first kappa shape index (κ1) is 14.9. The van der Waals surface area contributed by atoms with Gasteiger partial charge in [-0.3, -0.25) is 4.90 Å². The van der Waals surface area contributed by atoms with Gasteiger partial charge in [-0.15, -0.1) is 0 Å². The molecule has 0 bridgehead atoms. The Morgan fingerprint density at radius 3 is 2.67 bits per heavy atom. The molecule has 0 aliphatic heterocycles. The van der Waals surface area contributed by atoms with Gasteiger partial charge in [-0.05, 0) is 23.6 Å². The number of nitrogens with two attached hydrogens (primary N) is 1. The lowest BCUT2D eigenvalue weighted by molar-refractivity contribution is 0.136. The van der Waals surface area contributed by atoms with Crippen LogP contribution in [0.1, 0.15) is 19.4 Å². The molecule has 0 unspecified atom stereocenters. The van der Waals surface area contributed by atoms with E-state index in [1.807, 2.05) is 6.07 Å². The van der Waals surface area contributed by atoms with E-state index in [-0.39, 0.29) is 11.5 Å². The zero-order chi connectivity index (χ0) is 13.5. The number of rotatable bonds is 7. The molecule has 0 fully saturated rings. The van der Waals surface area contributed by atoms with Gasteiger partial charge in [0.1, 0.15) is 5.82 Å². The lowest BCUT2D eigenvalue weighted by Crippen LogP contribution is -2.30. The Balaban J connectivity index is 2.65. The molecule has 18 heavy (non-hydrogen) atoms. The fourth-order valence-corrected chi connectivity index (χ4v) is 1.90. The maximum atomic E-state index is 13.4. The molecule has 0 aliphatic carbocycles. The number of anilines is 1. The first-order valence-electron chi connectivity index (χ1n) is 6.28. The van der Waals surface area contributed by atoms with Crippen LogP contribution >= 0.6 is 0 Å². The van der Waals surface area contributed by atoms with Gasteiger partial charge < -0.3 is 10.5 Å². The monoisotopic (exact) mass is 254 g/mol. The maximum Gasteiger partial charge on any atom is 0.146 e. The third-order valence-corrected chi connectivity index (χ3v) is 2.71. The van der Waals surface area contributed by atoms with Crippen molar-refractivity contribution in [3.05, 3.63) is 29.6 Å². The summed E-state index contributed by atoms with van der Waals surface area (Å²) in [4.78, 5) is 2.26. The van der Waals surface area contributed by atoms with Gasteiger partial charge in [-0.25, -0.2) is 4.39 Å². The number of nitrogen functional groups attached to an aromatic ring is 1. The second kappa shape index (κ2) is 7.34. The van der Waals surface area contributed by atoms with Gasteiger partial charge in [0.2, 0.25) is 0 Å². The molecule has 102 valence electrons. The molecule has 0 radical (unpaired) electrons. The summed E-state index contributed by atoms with van der Waals surface area (Å²) >= 11 is 0. The van der Waals surface area contributed by atoms with E-state index in [1.54, 1.807) is 13.2 Å². The molecule has 4 heteroatoms. The molecule has 0 atom stereocenters. The van der Waals surface area contributed by atoms with E-state index in [0.717, 1.165) is 25.2 Å². The predicted molar refractivity (Wildman–Crippen MR) is 72.8 cm³/mol. The second-order valence-electron chi connectivity index (χ2n) is 4.98. The van der Waals surface area contributed by atoms with E-state index in [1.165, 1.54) is 6.07 Å². The van der Waals surface area contributed by atoms with E-state index in [9.17, 15) is 4.39 Å². The lowest BCUT2D eigenvalue weighted by atomic mass is 10.1. The average molecular weight is 254 g/mol. The standard InChI is InChI=1S/C14H23FN2O/c1-11(2)9-17(6-7-18-3)10-12-4-5-14(16)13(15)8-12/h4-5,8,11H,6-7,9-10,16H2,1-3H3. The first-order chi connectivity index (χ1) is 8.52. The molecule has 0 heterocycles. The Morgan fingerprint density at radius 1 is 1.39 bits per heavy atom. The SMILES string of the molecule is COCCN(Cc1ccc(N)c(F)c1)CC(C)C. The third-order valence-electron chi connectivity index (χ3n) is 2.71. The van der Waals surface area contributed by atoms with Crippen LogP contribution in [0.3, 0.4) is 0 Å². The van der Waals surface area contributed by atoms with Crippen molar-refractivity contribution in [1.29, 1.82) is 0 Å². The Morgan fingerprint density at radius 2 is 2.11 bits per heavy atom. The van der Waals surface area contributed by atoms with Gasteiger partial charge in [0, 0.05) is 26.7 Å². The molecule has 3 nitrogen and oxygen atoms in total. The van der Waals surface area contributed by atoms with Crippen molar-refractivity contribution in [3.63, 3.8) is 0 Å². The zero-order valence-corrected chi connectivity index (χ0v) is 11.4. The summed E-state index contributed by atoms with van der Waals surface area (Å²) in [6.07, 6.45) is 0. The van der Waals surface area contributed by atoms with E-state index in [4.69, 9.17) is 10.5 Å². The Bertz CT molecular complexity index is 369. The van der Waals surface area contributed by atoms with Crippen LogP contribution in [0.15, 0.2) is 18.2 Å². The number of nitrogens with zero attached hydrogens (tertiary/aromatic N) is 1. The molecular formula is C14H23FN2O. The molecule has 0 amide bonds. The third kappa shape index (κ3) is 5.02. The summed E-state index contributed by atoms with van der Waals surface area (Å²) in [5, 5.41) is 0. The van der Waals surface area contributed by atoms with Crippen LogP contribution in [-0.2, 0) is 11.3 Å². The van der Waals surface area contributed by atoms with Gasteiger partial charge in [0.25, 0.3) is 0 Å². The normalized spacial score (nSPS) is 11.4. The van der Waals surface area contributed by atoms with E-state index >= 15 is 0 Å². The van der Waals surface area contributed by atoms with E-state index in [0.29, 0.717) is 12.5 Å². The Kier molecular flexibility index (Phi) is 6.09. The van der Waals surface area contributed by atoms with Crippen molar-refractivity contribution in [2.45, 2.75) is 20.4 Å². The van der Waals surface area contributed by atoms with Crippen molar-refractivity contribution in [2.24, 2.45) is 5.92 Å². The number of ether oxygens (including phenoxy) is 1. The minimum atomic E-state index is -0.344. The summed E-state index contributed by atoms with van der Waals surface area (Å²) < 4.78 is 18.5. The van der Waals surface area contributed by atoms with Crippen LogP contribution in [-0.4, -0.2) is 31.7 Å². The highest BCUT2D eigenvalue weighted by molar-refractivity contribution is 5.41. The van der Waals surface area contributed by atoms with Gasteiger partial charge in [-0.2, -0.15) is 0 Å². The fraction of sp³-hybridized carbons (Fsp3) is 0.571. The molecule has 0 saturated carbocycles. The molecule has 1 aromatic rings. The Labute approximate surface area is 109 Å². The van der Waals surface area contributed by atoms with Crippen molar-refractivity contribution < 1.29 is 9.13 Å². The van der Waals surface area contributed by atoms with Crippen LogP contribution in [0.5, 0.6) is 0 Å². The lowest BCUT2D eigenvalue weighted by Gasteiger charge is -2.24. The van der Waals surface area contributed by atoms with Crippen LogP contribution in [0.4, 0.5) is 10.1 Å². The largest absolute Gasteiger partial charge is 0.396 e. The van der Waals surface area contributed by atoms with Crippen molar-refractivity contribution in [1.82, 2.24) is 4.90 Å².